The van der Waals surface area contributed by atoms with Crippen LogP contribution in [-0.4, -0.2) is 0 Å². The highest BCUT2D eigenvalue weighted by Crippen LogP contribution is 2.56. The van der Waals surface area contributed by atoms with Crippen molar-refractivity contribution >= 4 is 64.6 Å². The van der Waals surface area contributed by atoms with Crippen molar-refractivity contribution in [1.29, 1.82) is 0 Å². The van der Waals surface area contributed by atoms with Crippen LogP contribution in [0.2, 0.25) is 0 Å². The van der Waals surface area contributed by atoms with Gasteiger partial charge in [-0.1, -0.05) is 284 Å². The van der Waals surface area contributed by atoms with E-state index in [2.05, 4.69) is 308 Å². The van der Waals surface area contributed by atoms with Crippen molar-refractivity contribution < 1.29 is 0 Å². The fourth-order valence-electron chi connectivity index (χ4n) is 16.1. The summed E-state index contributed by atoms with van der Waals surface area (Å²) in [5.41, 5.74) is 28.4. The summed E-state index contributed by atoms with van der Waals surface area (Å²) < 4.78 is 0. The summed E-state index contributed by atoms with van der Waals surface area (Å²) in [5.74, 6) is 0. The molecule has 0 nitrogen and oxygen atoms in total. The highest BCUT2D eigenvalue weighted by atomic mass is 14.4. The first-order valence-electron chi connectivity index (χ1n) is 31.7. The summed E-state index contributed by atoms with van der Waals surface area (Å²) in [6, 6.07) is 102. The van der Waals surface area contributed by atoms with Crippen molar-refractivity contribution in [2.45, 2.75) is 65.2 Å². The lowest BCUT2D eigenvalue weighted by Crippen LogP contribution is -2.15. The molecule has 0 heterocycles. The maximum atomic E-state index is 2.53. The normalized spacial score (nSPS) is 13.6. The molecular weight excluding hydrogens is 1060 g/mol. The molecule has 0 radical (unpaired) electrons. The molecule has 0 heteroatoms. The van der Waals surface area contributed by atoms with Gasteiger partial charge in [-0.05, 0) is 224 Å². The zero-order valence-corrected chi connectivity index (χ0v) is 50.8. The lowest BCUT2D eigenvalue weighted by Gasteiger charge is -2.24. The molecule has 0 atom stereocenters. The van der Waals surface area contributed by atoms with Gasteiger partial charge in [0.25, 0.3) is 0 Å². The third kappa shape index (κ3) is 7.64. The van der Waals surface area contributed by atoms with Crippen molar-refractivity contribution in [2.24, 2.45) is 0 Å². The molecule has 15 aromatic carbocycles. The first kappa shape index (κ1) is 52.2. The maximum absolute atomic E-state index is 2.53. The Morgan fingerprint density at radius 2 is 0.398 bits per heavy atom. The molecule has 0 aromatic heterocycles. The number of hydrogen-bond donors (Lipinski definition) is 0. The SMILES string of the molecule is CCc1ccc(-c2c3ccccc3c(-c3ccc4c(c3)C(C)(C)c3cc(-c5ccc6c(c5)C(C)(C)c5cc(-c7c8ccccc8c(-c8c9ccccc9c(-c9ccc(CC)cc9)c9ccccc89)c8ccccc78)ccc5-6)ccc3-4)c3ccccc23)cc1. The molecule has 2 aliphatic rings. The largest absolute Gasteiger partial charge is 0.0616 e. The number of benzene rings is 15. The van der Waals surface area contributed by atoms with E-state index in [0.29, 0.717) is 0 Å². The van der Waals surface area contributed by atoms with Crippen molar-refractivity contribution in [3.8, 4) is 89.0 Å². The monoisotopic (exact) mass is 1120 g/mol. The zero-order chi connectivity index (χ0) is 59.2. The Balaban J connectivity index is 0.744. The van der Waals surface area contributed by atoms with Gasteiger partial charge in [0, 0.05) is 10.8 Å². The lowest BCUT2D eigenvalue weighted by molar-refractivity contribution is 0.660. The molecule has 0 bridgehead atoms. The van der Waals surface area contributed by atoms with E-state index in [1.54, 1.807) is 0 Å². The third-order valence-electron chi connectivity index (χ3n) is 20.6. The molecule has 0 N–H and O–H groups in total. The van der Waals surface area contributed by atoms with Crippen LogP contribution in [0.1, 0.15) is 74.9 Å². The van der Waals surface area contributed by atoms with Crippen molar-refractivity contribution in [1.82, 2.24) is 0 Å². The van der Waals surface area contributed by atoms with Crippen LogP contribution in [-0.2, 0) is 23.7 Å². The fraction of sp³-hybridized carbons (Fsp3) is 0.114. The van der Waals surface area contributed by atoms with Crippen LogP contribution in [0.25, 0.3) is 154 Å². The molecule has 0 saturated heterocycles. The van der Waals surface area contributed by atoms with E-state index in [-0.39, 0.29) is 10.8 Å². The van der Waals surface area contributed by atoms with Crippen LogP contribution >= 0.6 is 0 Å². The minimum atomic E-state index is -0.243. The predicted octanol–water partition coefficient (Wildman–Crippen LogP) is 24.3. The Labute approximate surface area is 516 Å². The van der Waals surface area contributed by atoms with E-state index >= 15 is 0 Å². The molecule has 0 fully saturated rings. The quantitative estimate of drug-likeness (QED) is 0.133. The van der Waals surface area contributed by atoms with Gasteiger partial charge in [0.15, 0.2) is 0 Å². The van der Waals surface area contributed by atoms with E-state index in [1.165, 1.54) is 187 Å². The second kappa shape index (κ2) is 19.7. The van der Waals surface area contributed by atoms with E-state index in [9.17, 15) is 0 Å². The topological polar surface area (TPSA) is 0 Å². The molecule has 15 aromatic rings. The van der Waals surface area contributed by atoms with Crippen molar-refractivity contribution in [3.05, 3.63) is 300 Å². The highest BCUT2D eigenvalue weighted by molar-refractivity contribution is 6.30. The van der Waals surface area contributed by atoms with Crippen LogP contribution < -0.4 is 0 Å². The molecule has 17 rings (SSSR count). The standard InChI is InChI=1S/C88H66/c1-7-53-33-37-55(38-34-53)81-65-21-9-11-23-67(65)83(68-24-12-10-22-66(68)81)59-43-47-63-61-45-41-57(49-77(61)87(3,4)79(63)51-59)58-42-46-62-64-48-44-60(52-80(64)88(5,6)78(62)50-58)84-71-27-15-19-31-75(71)86(76-32-20-16-28-72(76)84)85-73-29-17-13-25-69(73)82(70-26-14-18-30-74(70)85)56-39-35-54(8-2)36-40-56/h9-52H,7-8H2,1-6H3. The van der Waals surface area contributed by atoms with Gasteiger partial charge in [0.1, 0.15) is 0 Å². The summed E-state index contributed by atoms with van der Waals surface area (Å²) in [7, 11) is 0. The van der Waals surface area contributed by atoms with Gasteiger partial charge in [0.2, 0.25) is 0 Å². The Bertz CT molecular complexity index is 5260. The summed E-state index contributed by atoms with van der Waals surface area (Å²) in [6.07, 6.45) is 2.05. The van der Waals surface area contributed by atoms with E-state index in [1.807, 2.05) is 0 Å². The first-order valence-corrected chi connectivity index (χ1v) is 31.7. The maximum Gasteiger partial charge on any atom is 0.0159 e. The van der Waals surface area contributed by atoms with E-state index in [0.717, 1.165) is 12.8 Å². The van der Waals surface area contributed by atoms with Gasteiger partial charge in [-0.2, -0.15) is 0 Å². The predicted molar refractivity (Wildman–Crippen MR) is 378 cm³/mol. The molecule has 2 aliphatic carbocycles. The first-order chi connectivity index (χ1) is 43.1. The molecule has 0 unspecified atom stereocenters. The Hall–Kier alpha value is -10.1. The van der Waals surface area contributed by atoms with Crippen LogP contribution in [0.4, 0.5) is 0 Å². The van der Waals surface area contributed by atoms with Gasteiger partial charge in [-0.3, -0.25) is 0 Å². The number of aryl methyl sites for hydroxylation is 2. The van der Waals surface area contributed by atoms with Crippen molar-refractivity contribution in [2.75, 3.05) is 0 Å². The Morgan fingerprint density at radius 1 is 0.205 bits per heavy atom. The lowest BCUT2D eigenvalue weighted by atomic mass is 9.78. The average Bonchev–Trinajstić information content (AvgIpc) is 1.27. The molecule has 0 saturated carbocycles. The highest BCUT2D eigenvalue weighted by Gasteiger charge is 2.39. The van der Waals surface area contributed by atoms with Gasteiger partial charge in [-0.25, -0.2) is 0 Å². The molecule has 0 spiro atoms. The van der Waals surface area contributed by atoms with Crippen LogP contribution in [0.15, 0.2) is 267 Å². The minimum Gasteiger partial charge on any atom is -0.0616 e. The van der Waals surface area contributed by atoms with Crippen LogP contribution in [0, 0.1) is 0 Å². The smallest absolute Gasteiger partial charge is 0.0159 e. The van der Waals surface area contributed by atoms with Gasteiger partial charge in [0.05, 0.1) is 0 Å². The van der Waals surface area contributed by atoms with E-state index < -0.39 is 0 Å². The Morgan fingerprint density at radius 3 is 0.636 bits per heavy atom. The third-order valence-corrected chi connectivity index (χ3v) is 20.6. The zero-order valence-electron chi connectivity index (χ0n) is 50.8. The summed E-state index contributed by atoms with van der Waals surface area (Å²) in [4.78, 5) is 0. The van der Waals surface area contributed by atoms with Crippen LogP contribution in [0.3, 0.4) is 0 Å². The number of fused-ring (bicyclic) bond motifs is 12. The summed E-state index contributed by atoms with van der Waals surface area (Å²) >= 11 is 0. The average molecular weight is 1120 g/mol. The minimum absolute atomic E-state index is 0.216. The van der Waals surface area contributed by atoms with E-state index in [4.69, 9.17) is 0 Å². The van der Waals surface area contributed by atoms with Gasteiger partial charge < -0.3 is 0 Å². The van der Waals surface area contributed by atoms with Gasteiger partial charge in [-0.15, -0.1) is 0 Å². The van der Waals surface area contributed by atoms with Crippen molar-refractivity contribution in [3.63, 3.8) is 0 Å². The van der Waals surface area contributed by atoms with Gasteiger partial charge >= 0.3 is 0 Å². The Kier molecular flexibility index (Phi) is 11.7. The molecule has 88 heavy (non-hydrogen) atoms. The summed E-state index contributed by atoms with van der Waals surface area (Å²) in [6.45, 7) is 14.2. The molecule has 0 amide bonds. The number of hydrogen-bond acceptors (Lipinski definition) is 0. The van der Waals surface area contributed by atoms with Crippen LogP contribution in [0.5, 0.6) is 0 Å². The molecule has 0 aliphatic heterocycles. The number of rotatable bonds is 8. The summed E-state index contributed by atoms with van der Waals surface area (Å²) in [5, 5.41) is 15.3. The fourth-order valence-corrected chi connectivity index (χ4v) is 16.1. The second-order valence-electron chi connectivity index (χ2n) is 25.9. The molecule has 418 valence electrons. The second-order valence-corrected chi connectivity index (χ2v) is 25.9. The molecular formula is C88H66.